The first-order chi connectivity index (χ1) is 11.1. The van der Waals surface area contributed by atoms with Gasteiger partial charge in [0.1, 0.15) is 0 Å². The van der Waals surface area contributed by atoms with Gasteiger partial charge in [0.15, 0.2) is 11.1 Å². The number of nitrogens with one attached hydrogen (secondary N) is 1. The molecule has 2 N–H and O–H groups in total. The molecule has 0 aromatic heterocycles. The van der Waals surface area contributed by atoms with Crippen molar-refractivity contribution < 1.29 is 8.76 Å². The fourth-order valence-electron chi connectivity index (χ4n) is 2.60. The largest absolute Gasteiger partial charge is 0.309 e. The van der Waals surface area contributed by atoms with Gasteiger partial charge in [-0.25, -0.2) is 4.21 Å². The van der Waals surface area contributed by atoms with Gasteiger partial charge in [0.2, 0.25) is 0 Å². The Morgan fingerprint density at radius 2 is 1.61 bits per heavy atom. The van der Waals surface area contributed by atoms with E-state index in [0.717, 1.165) is 33.5 Å². The second kappa shape index (κ2) is 7.23. The molecule has 3 aromatic rings. The quantitative estimate of drug-likeness (QED) is 0.675. The van der Waals surface area contributed by atoms with Crippen molar-refractivity contribution in [2.45, 2.75) is 18.0 Å². The lowest BCUT2D eigenvalue weighted by atomic mass is 10.0. The zero-order chi connectivity index (χ0) is 16.2. The molecule has 0 aliphatic heterocycles. The number of halogens is 1. The van der Waals surface area contributed by atoms with Gasteiger partial charge in [0.05, 0.1) is 4.90 Å². The number of rotatable bonds is 5. The van der Waals surface area contributed by atoms with Crippen molar-refractivity contribution in [2.75, 3.05) is 0 Å². The molecule has 0 saturated heterocycles. The minimum Gasteiger partial charge on any atom is -0.309 e. The molecule has 1 unspecified atom stereocenters. The maximum atomic E-state index is 11.4. The minimum absolute atomic E-state index is 0.446. The van der Waals surface area contributed by atoms with Gasteiger partial charge in [-0.2, -0.15) is 0 Å². The summed E-state index contributed by atoms with van der Waals surface area (Å²) in [5, 5.41) is 5.94. The van der Waals surface area contributed by atoms with Crippen LogP contribution in [0.1, 0.15) is 11.1 Å². The van der Waals surface area contributed by atoms with Crippen LogP contribution >= 0.6 is 11.6 Å². The molecule has 0 bridgehead atoms. The summed E-state index contributed by atoms with van der Waals surface area (Å²) >= 11 is 3.90. The van der Waals surface area contributed by atoms with Gasteiger partial charge >= 0.3 is 0 Å². The smallest absolute Gasteiger partial charge is 0.187 e. The molecule has 3 aromatic carbocycles. The van der Waals surface area contributed by atoms with Gasteiger partial charge in [-0.1, -0.05) is 54.1 Å². The van der Waals surface area contributed by atoms with Gasteiger partial charge in [0.25, 0.3) is 0 Å². The molecule has 0 radical (unpaired) electrons. The summed E-state index contributed by atoms with van der Waals surface area (Å²) in [6.45, 7) is 1.42. The zero-order valence-electron chi connectivity index (χ0n) is 12.3. The zero-order valence-corrected chi connectivity index (χ0v) is 13.9. The minimum atomic E-state index is -1.98. The van der Waals surface area contributed by atoms with Crippen LogP contribution in [0.15, 0.2) is 65.6 Å². The molecule has 118 valence electrons. The molecule has 0 aliphatic rings. The van der Waals surface area contributed by atoms with Crippen LogP contribution in [0.4, 0.5) is 0 Å². The highest BCUT2D eigenvalue weighted by Crippen LogP contribution is 2.24. The van der Waals surface area contributed by atoms with E-state index in [-0.39, 0.29) is 0 Å². The summed E-state index contributed by atoms with van der Waals surface area (Å²) < 4.78 is 20.8. The van der Waals surface area contributed by atoms with Crippen LogP contribution in [0.25, 0.3) is 10.8 Å². The molecule has 5 heteroatoms. The highest BCUT2D eigenvalue weighted by Gasteiger charge is 2.08. The summed E-state index contributed by atoms with van der Waals surface area (Å²) in [7, 11) is 0. The molecule has 3 rings (SSSR count). The molecule has 0 spiro atoms. The molecule has 0 fully saturated rings. The van der Waals surface area contributed by atoms with Crippen molar-refractivity contribution in [3.63, 3.8) is 0 Å². The van der Waals surface area contributed by atoms with Crippen molar-refractivity contribution in [1.82, 2.24) is 5.32 Å². The molecule has 1 atom stereocenters. The third kappa shape index (κ3) is 3.79. The van der Waals surface area contributed by atoms with Gasteiger partial charge in [0, 0.05) is 23.5 Å². The fraction of sp³-hybridized carbons (Fsp3) is 0.111. The first kappa shape index (κ1) is 16.1. The Morgan fingerprint density at radius 1 is 0.913 bits per heavy atom. The van der Waals surface area contributed by atoms with Crippen LogP contribution in [-0.4, -0.2) is 8.76 Å². The Morgan fingerprint density at radius 3 is 2.35 bits per heavy atom. The average Bonchev–Trinajstić information content (AvgIpc) is 2.56. The topological polar surface area (TPSA) is 49.3 Å². The van der Waals surface area contributed by atoms with Crippen LogP contribution in [0.2, 0.25) is 5.02 Å². The first-order valence-corrected chi connectivity index (χ1v) is 8.70. The van der Waals surface area contributed by atoms with Crippen LogP contribution in [-0.2, 0) is 24.2 Å². The highest BCUT2D eigenvalue weighted by atomic mass is 35.5. The van der Waals surface area contributed by atoms with E-state index in [4.69, 9.17) is 11.6 Å². The molecule has 3 nitrogen and oxygen atoms in total. The van der Waals surface area contributed by atoms with E-state index in [1.165, 1.54) is 0 Å². The van der Waals surface area contributed by atoms with Crippen LogP contribution in [0.3, 0.4) is 0 Å². The maximum absolute atomic E-state index is 11.4. The van der Waals surface area contributed by atoms with Crippen molar-refractivity contribution in [3.05, 3.63) is 76.8 Å². The lowest BCUT2D eigenvalue weighted by Crippen LogP contribution is -2.12. The predicted molar refractivity (Wildman–Crippen MR) is 95.0 cm³/mol. The predicted octanol–water partition coefficient (Wildman–Crippen LogP) is 4.36. The Kier molecular flexibility index (Phi) is 5.08. The van der Waals surface area contributed by atoms with E-state index in [0.29, 0.717) is 11.4 Å². The first-order valence-electron chi connectivity index (χ1n) is 7.22. The molecule has 0 aliphatic carbocycles. The van der Waals surface area contributed by atoms with Crippen molar-refractivity contribution >= 4 is 33.5 Å². The van der Waals surface area contributed by atoms with Crippen molar-refractivity contribution in [1.29, 1.82) is 0 Å². The van der Waals surface area contributed by atoms with E-state index < -0.39 is 11.1 Å². The fourth-order valence-corrected chi connectivity index (χ4v) is 3.28. The van der Waals surface area contributed by atoms with Crippen LogP contribution in [0.5, 0.6) is 0 Å². The normalized spacial score (nSPS) is 12.4. The lowest BCUT2D eigenvalue weighted by Gasteiger charge is -2.10. The Hall–Kier alpha value is -1.72. The standard InChI is InChI=1S/C18H16ClNO2S/c19-15-9-7-13(8-10-15)11-20-12-14-3-1-5-17-16(14)4-2-6-18(17)23(21)22/h1-10,20H,11-12H2,(H,21,22). The third-order valence-corrected chi connectivity index (χ3v) is 4.70. The summed E-state index contributed by atoms with van der Waals surface area (Å²) in [5.41, 5.74) is 2.26. The Bertz CT molecular complexity index is 849. The van der Waals surface area contributed by atoms with Crippen LogP contribution in [0, 0.1) is 0 Å². The van der Waals surface area contributed by atoms with E-state index in [2.05, 4.69) is 5.32 Å². The number of hydrogen-bond donors (Lipinski definition) is 2. The Labute approximate surface area is 142 Å². The van der Waals surface area contributed by atoms with Gasteiger partial charge in [-0.3, -0.25) is 0 Å². The van der Waals surface area contributed by atoms with Gasteiger partial charge in [-0.15, -0.1) is 0 Å². The molecule has 0 saturated carbocycles. The van der Waals surface area contributed by atoms with Gasteiger partial charge < -0.3 is 9.87 Å². The number of benzene rings is 3. The SMILES string of the molecule is O=S(O)c1cccc2c(CNCc3ccc(Cl)cc3)cccc12. The molecule has 23 heavy (non-hydrogen) atoms. The van der Waals surface area contributed by atoms with E-state index in [1.807, 2.05) is 54.6 Å². The number of hydrogen-bond acceptors (Lipinski definition) is 2. The highest BCUT2D eigenvalue weighted by molar-refractivity contribution is 7.79. The second-order valence-electron chi connectivity index (χ2n) is 5.25. The Balaban J connectivity index is 1.79. The molecular formula is C18H16ClNO2S. The van der Waals surface area contributed by atoms with E-state index in [1.54, 1.807) is 6.07 Å². The summed E-state index contributed by atoms with van der Waals surface area (Å²) in [4.78, 5) is 0.446. The second-order valence-corrected chi connectivity index (χ2v) is 6.62. The third-order valence-electron chi connectivity index (χ3n) is 3.72. The maximum Gasteiger partial charge on any atom is 0.187 e. The van der Waals surface area contributed by atoms with E-state index >= 15 is 0 Å². The molecular weight excluding hydrogens is 330 g/mol. The monoisotopic (exact) mass is 345 g/mol. The summed E-state index contributed by atoms with van der Waals surface area (Å²) in [6.07, 6.45) is 0. The summed E-state index contributed by atoms with van der Waals surface area (Å²) in [5.74, 6) is 0. The van der Waals surface area contributed by atoms with Crippen molar-refractivity contribution in [3.8, 4) is 0 Å². The van der Waals surface area contributed by atoms with E-state index in [9.17, 15) is 8.76 Å². The van der Waals surface area contributed by atoms with Crippen molar-refractivity contribution in [2.24, 2.45) is 0 Å². The molecule has 0 heterocycles. The lowest BCUT2D eigenvalue weighted by molar-refractivity contribution is 0.565. The van der Waals surface area contributed by atoms with Gasteiger partial charge in [-0.05, 0) is 34.7 Å². The molecule has 0 amide bonds. The summed E-state index contributed by atoms with van der Waals surface area (Å²) in [6, 6.07) is 19.0. The van der Waals surface area contributed by atoms with Crippen LogP contribution < -0.4 is 5.32 Å². The average molecular weight is 346 g/mol. The number of fused-ring (bicyclic) bond motifs is 1.